The van der Waals surface area contributed by atoms with E-state index < -0.39 is 12.2 Å². The summed E-state index contributed by atoms with van der Waals surface area (Å²) in [7, 11) is 3.17. The van der Waals surface area contributed by atoms with E-state index in [0.717, 1.165) is 71.4 Å². The number of ether oxygens (including phenoxy) is 3. The molecule has 36 heavy (non-hydrogen) atoms. The van der Waals surface area contributed by atoms with Crippen LogP contribution in [0.5, 0.6) is 28.7 Å². The molecule has 6 nitrogen and oxygen atoms in total. The summed E-state index contributed by atoms with van der Waals surface area (Å²) in [6.07, 6.45) is 4.36. The second kappa shape index (κ2) is 9.94. The molecule has 0 saturated carbocycles. The van der Waals surface area contributed by atoms with E-state index in [1.807, 2.05) is 18.2 Å². The molecule has 0 bridgehead atoms. The van der Waals surface area contributed by atoms with Crippen LogP contribution in [0.1, 0.15) is 66.9 Å². The van der Waals surface area contributed by atoms with Crippen molar-refractivity contribution in [3.8, 4) is 39.9 Å². The Morgan fingerprint density at radius 1 is 0.944 bits per heavy atom. The first kappa shape index (κ1) is 24.3. The van der Waals surface area contributed by atoms with Crippen LogP contribution in [0.3, 0.4) is 0 Å². The number of phenolic OH excluding ortho intramolecular Hbond substituents is 2. The minimum atomic E-state index is -0.762. The SMILES string of the molecule is CCCCC[C@H]1Cc2cc(O)ccc2-c2c(OC)cc3c(c21)C[C@@H](O)[C@@H](c1ccc(O)c(OC)c1)O3. The van der Waals surface area contributed by atoms with Crippen LogP contribution in [0.25, 0.3) is 11.1 Å². The maximum Gasteiger partial charge on any atom is 0.160 e. The molecule has 0 saturated heterocycles. The van der Waals surface area contributed by atoms with Crippen molar-refractivity contribution in [1.29, 1.82) is 0 Å². The lowest BCUT2D eigenvalue weighted by Crippen LogP contribution is -2.32. The average molecular weight is 491 g/mol. The third-order valence-corrected chi connectivity index (χ3v) is 7.56. The molecule has 1 aliphatic carbocycles. The molecule has 3 aromatic carbocycles. The number of methoxy groups -OCH3 is 2. The molecule has 3 aromatic rings. The van der Waals surface area contributed by atoms with E-state index in [1.54, 1.807) is 31.4 Å². The number of benzene rings is 3. The van der Waals surface area contributed by atoms with Crippen LogP contribution < -0.4 is 14.2 Å². The van der Waals surface area contributed by atoms with Crippen LogP contribution in [0.4, 0.5) is 0 Å². The van der Waals surface area contributed by atoms with Gasteiger partial charge in [0.05, 0.1) is 20.3 Å². The fourth-order valence-corrected chi connectivity index (χ4v) is 5.84. The number of phenols is 2. The first-order valence-corrected chi connectivity index (χ1v) is 12.7. The van der Waals surface area contributed by atoms with Crippen molar-refractivity contribution in [2.75, 3.05) is 14.2 Å². The summed E-state index contributed by atoms with van der Waals surface area (Å²) < 4.78 is 17.6. The second-order valence-corrected chi connectivity index (χ2v) is 9.82. The number of hydrogen-bond acceptors (Lipinski definition) is 6. The fraction of sp³-hybridized carbons (Fsp3) is 0.400. The van der Waals surface area contributed by atoms with Crippen LogP contribution in [-0.4, -0.2) is 35.6 Å². The van der Waals surface area contributed by atoms with Gasteiger partial charge in [-0.2, -0.15) is 0 Å². The summed E-state index contributed by atoms with van der Waals surface area (Å²) in [5.74, 6) is 2.35. The number of hydrogen-bond donors (Lipinski definition) is 3. The van der Waals surface area contributed by atoms with E-state index in [9.17, 15) is 15.3 Å². The van der Waals surface area contributed by atoms with E-state index in [2.05, 4.69) is 6.92 Å². The minimum absolute atomic E-state index is 0.0438. The monoisotopic (exact) mass is 490 g/mol. The van der Waals surface area contributed by atoms with Gasteiger partial charge in [-0.05, 0) is 65.3 Å². The van der Waals surface area contributed by atoms with Crippen LogP contribution in [0, 0.1) is 0 Å². The molecule has 3 N–H and O–H groups in total. The van der Waals surface area contributed by atoms with Crippen molar-refractivity contribution < 1.29 is 29.5 Å². The third kappa shape index (κ3) is 4.24. The fourth-order valence-electron chi connectivity index (χ4n) is 5.84. The zero-order chi connectivity index (χ0) is 25.4. The predicted molar refractivity (Wildman–Crippen MR) is 138 cm³/mol. The Bertz CT molecular complexity index is 1270. The Balaban J connectivity index is 1.63. The number of rotatable bonds is 7. The van der Waals surface area contributed by atoms with Gasteiger partial charge in [-0.1, -0.05) is 38.3 Å². The summed E-state index contributed by atoms with van der Waals surface area (Å²) in [5.41, 5.74) is 6.18. The molecule has 0 amide bonds. The van der Waals surface area contributed by atoms with Gasteiger partial charge in [0.1, 0.15) is 23.4 Å². The van der Waals surface area contributed by atoms with Crippen molar-refractivity contribution in [2.45, 2.75) is 63.6 Å². The molecule has 0 radical (unpaired) electrons. The van der Waals surface area contributed by atoms with E-state index in [0.29, 0.717) is 12.2 Å². The summed E-state index contributed by atoms with van der Waals surface area (Å²) in [5, 5.41) is 31.5. The Labute approximate surface area is 212 Å². The summed E-state index contributed by atoms with van der Waals surface area (Å²) in [4.78, 5) is 0. The molecule has 3 atom stereocenters. The van der Waals surface area contributed by atoms with Crippen molar-refractivity contribution in [2.24, 2.45) is 0 Å². The Kier molecular flexibility index (Phi) is 6.71. The van der Waals surface area contributed by atoms with Crippen LogP contribution in [0.2, 0.25) is 0 Å². The lowest BCUT2D eigenvalue weighted by molar-refractivity contribution is 0.0201. The normalized spacial score (nSPS) is 20.1. The van der Waals surface area contributed by atoms with Gasteiger partial charge >= 0.3 is 0 Å². The van der Waals surface area contributed by atoms with Gasteiger partial charge in [-0.15, -0.1) is 0 Å². The highest BCUT2D eigenvalue weighted by atomic mass is 16.5. The van der Waals surface area contributed by atoms with Gasteiger partial charge < -0.3 is 29.5 Å². The van der Waals surface area contributed by atoms with Crippen molar-refractivity contribution in [1.82, 2.24) is 0 Å². The van der Waals surface area contributed by atoms with Gasteiger partial charge in [-0.3, -0.25) is 0 Å². The Morgan fingerprint density at radius 2 is 1.75 bits per heavy atom. The molecule has 2 aliphatic rings. The second-order valence-electron chi connectivity index (χ2n) is 9.82. The molecule has 1 heterocycles. The molecular formula is C30H34O6. The lowest BCUT2D eigenvalue weighted by Gasteiger charge is -2.37. The van der Waals surface area contributed by atoms with Gasteiger partial charge in [0.15, 0.2) is 11.5 Å². The number of fused-ring (bicyclic) bond motifs is 5. The van der Waals surface area contributed by atoms with Gasteiger partial charge in [0.2, 0.25) is 0 Å². The van der Waals surface area contributed by atoms with Crippen molar-refractivity contribution in [3.05, 3.63) is 64.7 Å². The summed E-state index contributed by atoms with van der Waals surface area (Å²) in [6, 6.07) is 12.5. The lowest BCUT2D eigenvalue weighted by atomic mass is 9.72. The van der Waals surface area contributed by atoms with Crippen molar-refractivity contribution >= 4 is 0 Å². The van der Waals surface area contributed by atoms with Gasteiger partial charge in [0.25, 0.3) is 0 Å². The quantitative estimate of drug-likeness (QED) is 0.350. The molecule has 0 unspecified atom stereocenters. The van der Waals surface area contributed by atoms with E-state index in [1.165, 1.54) is 12.7 Å². The highest BCUT2D eigenvalue weighted by molar-refractivity contribution is 5.83. The van der Waals surface area contributed by atoms with Gasteiger partial charge in [0, 0.05) is 23.6 Å². The highest BCUT2D eigenvalue weighted by Gasteiger charge is 2.38. The molecular weight excluding hydrogens is 456 g/mol. The van der Waals surface area contributed by atoms with Crippen molar-refractivity contribution in [3.63, 3.8) is 0 Å². The standard InChI is InChI=1S/C30H34O6/c1-4-5-6-7-17-12-19-13-20(31)9-10-21(19)29-27(35-3)16-25-22(28(17)29)15-24(33)30(36-25)18-8-11-23(32)26(14-18)34-2/h8-11,13-14,16-17,24,30-33H,4-7,12,15H2,1-3H3/t17-,24+,30+/m0/s1. The van der Waals surface area contributed by atoms with Crippen LogP contribution in [0.15, 0.2) is 42.5 Å². The summed E-state index contributed by atoms with van der Waals surface area (Å²) >= 11 is 0. The maximum atomic E-state index is 11.3. The van der Waals surface area contributed by atoms with Crippen LogP contribution >= 0.6 is 0 Å². The first-order valence-electron chi connectivity index (χ1n) is 12.7. The zero-order valence-electron chi connectivity index (χ0n) is 21.1. The Morgan fingerprint density at radius 3 is 2.50 bits per heavy atom. The highest BCUT2D eigenvalue weighted by Crippen LogP contribution is 2.53. The first-order chi connectivity index (χ1) is 17.4. The Hall–Kier alpha value is -3.38. The number of unbranched alkanes of at least 4 members (excludes halogenated alkanes) is 2. The van der Waals surface area contributed by atoms with E-state index in [4.69, 9.17) is 14.2 Å². The zero-order valence-corrected chi connectivity index (χ0v) is 21.1. The maximum absolute atomic E-state index is 11.3. The number of aliphatic hydroxyl groups is 1. The van der Waals surface area contributed by atoms with Gasteiger partial charge in [-0.25, -0.2) is 0 Å². The van der Waals surface area contributed by atoms with Crippen LogP contribution in [-0.2, 0) is 12.8 Å². The molecule has 1 aliphatic heterocycles. The molecule has 0 fully saturated rings. The number of aliphatic hydroxyl groups excluding tert-OH is 1. The summed E-state index contributed by atoms with van der Waals surface area (Å²) in [6.45, 7) is 2.20. The largest absolute Gasteiger partial charge is 0.508 e. The molecule has 5 rings (SSSR count). The third-order valence-electron chi connectivity index (χ3n) is 7.56. The van der Waals surface area contributed by atoms with E-state index >= 15 is 0 Å². The topological polar surface area (TPSA) is 88.4 Å². The molecule has 6 heteroatoms. The predicted octanol–water partition coefficient (Wildman–Crippen LogP) is 6.04. The molecule has 190 valence electrons. The molecule has 0 aromatic heterocycles. The van der Waals surface area contributed by atoms with E-state index in [-0.39, 0.29) is 17.4 Å². The number of aromatic hydroxyl groups is 2. The smallest absolute Gasteiger partial charge is 0.160 e. The molecule has 0 spiro atoms. The minimum Gasteiger partial charge on any atom is -0.508 e. The average Bonchev–Trinajstić information content (AvgIpc) is 2.88.